The predicted molar refractivity (Wildman–Crippen MR) is 78.8 cm³/mol. The first kappa shape index (κ1) is 16.4. The van der Waals surface area contributed by atoms with Crippen LogP contribution in [0.1, 0.15) is 44.1 Å². The summed E-state index contributed by atoms with van der Waals surface area (Å²) in [5.41, 5.74) is 0.309. The maximum atomic E-state index is 11.6. The Kier molecular flexibility index (Phi) is 6.93. The smallest absolute Gasteiger partial charge is 0.271 e. The fourth-order valence-corrected chi connectivity index (χ4v) is 2.17. The quantitative estimate of drug-likeness (QED) is 0.748. The van der Waals surface area contributed by atoms with Crippen LogP contribution in [-0.2, 0) is 0 Å². The first-order valence-corrected chi connectivity index (χ1v) is 7.17. The lowest BCUT2D eigenvalue weighted by Gasteiger charge is -2.30. The maximum absolute atomic E-state index is 11.6. The van der Waals surface area contributed by atoms with E-state index in [1.54, 1.807) is 12.1 Å². The molecule has 20 heavy (non-hydrogen) atoms. The van der Waals surface area contributed by atoms with Gasteiger partial charge in [-0.15, -0.1) is 10.2 Å². The Bertz CT molecular complexity index is 404. The Morgan fingerprint density at radius 2 is 2.00 bits per heavy atom. The first-order valence-electron chi connectivity index (χ1n) is 7.17. The lowest BCUT2D eigenvalue weighted by Crippen LogP contribution is -2.37. The molecule has 0 fully saturated rings. The molecule has 1 amide bonds. The number of aliphatic hydroxyl groups excluding tert-OH is 1. The second kappa shape index (κ2) is 8.47. The molecule has 6 nitrogen and oxygen atoms in total. The number of anilines is 1. The van der Waals surface area contributed by atoms with Gasteiger partial charge in [-0.05, 0) is 31.9 Å². The summed E-state index contributed by atoms with van der Waals surface area (Å²) in [6.45, 7) is 7.21. The number of carbonyl (C=O) groups is 1. The van der Waals surface area contributed by atoms with E-state index < -0.39 is 0 Å². The van der Waals surface area contributed by atoms with Crippen LogP contribution in [-0.4, -0.2) is 46.9 Å². The van der Waals surface area contributed by atoms with Crippen LogP contribution < -0.4 is 10.2 Å². The number of nitrogens with one attached hydrogen (secondary N) is 1. The van der Waals surface area contributed by atoms with Gasteiger partial charge in [0.15, 0.2) is 11.5 Å². The summed E-state index contributed by atoms with van der Waals surface area (Å²) in [5.74, 6) is 0.476. The van der Waals surface area contributed by atoms with E-state index in [4.69, 9.17) is 0 Å². The maximum Gasteiger partial charge on any atom is 0.271 e. The zero-order valence-electron chi connectivity index (χ0n) is 12.5. The van der Waals surface area contributed by atoms with Gasteiger partial charge in [-0.2, -0.15) is 0 Å². The minimum atomic E-state index is -0.220. The molecule has 1 aromatic heterocycles. The number of aromatic nitrogens is 2. The van der Waals surface area contributed by atoms with Gasteiger partial charge in [0.2, 0.25) is 0 Å². The third-order valence-corrected chi connectivity index (χ3v) is 3.24. The molecule has 1 heterocycles. The van der Waals surface area contributed by atoms with E-state index in [1.165, 1.54) is 0 Å². The van der Waals surface area contributed by atoms with Gasteiger partial charge in [0.1, 0.15) is 0 Å². The van der Waals surface area contributed by atoms with Crippen LogP contribution in [0.4, 0.5) is 5.82 Å². The molecule has 0 bridgehead atoms. The number of aliphatic hydroxyl groups is 1. The van der Waals surface area contributed by atoms with Crippen molar-refractivity contribution in [1.29, 1.82) is 0 Å². The van der Waals surface area contributed by atoms with Crippen LogP contribution in [0.2, 0.25) is 0 Å². The van der Waals surface area contributed by atoms with Crippen LogP contribution in [0.15, 0.2) is 12.1 Å². The largest absolute Gasteiger partial charge is 0.395 e. The summed E-state index contributed by atoms with van der Waals surface area (Å²) in [5, 5.41) is 20.0. The van der Waals surface area contributed by atoms with Crippen LogP contribution in [0.25, 0.3) is 0 Å². The van der Waals surface area contributed by atoms with Crippen molar-refractivity contribution in [2.45, 2.75) is 39.7 Å². The molecule has 1 aromatic rings. The van der Waals surface area contributed by atoms with Gasteiger partial charge < -0.3 is 15.3 Å². The molecule has 0 aliphatic carbocycles. The highest BCUT2D eigenvalue weighted by Crippen LogP contribution is 2.17. The Hall–Kier alpha value is -1.69. The molecular weight excluding hydrogens is 256 g/mol. The lowest BCUT2D eigenvalue weighted by molar-refractivity contribution is 0.0950. The average molecular weight is 280 g/mol. The number of rotatable bonds is 8. The number of amides is 1. The lowest BCUT2D eigenvalue weighted by atomic mass is 10.1. The Morgan fingerprint density at radius 3 is 2.45 bits per heavy atom. The summed E-state index contributed by atoms with van der Waals surface area (Å²) < 4.78 is 0. The highest BCUT2D eigenvalue weighted by molar-refractivity contribution is 5.92. The van der Waals surface area contributed by atoms with Crippen molar-refractivity contribution in [3.05, 3.63) is 17.8 Å². The fourth-order valence-electron chi connectivity index (χ4n) is 2.17. The molecule has 0 atom stereocenters. The number of carbonyl (C=O) groups excluding carboxylic acids is 1. The monoisotopic (exact) mass is 280 g/mol. The van der Waals surface area contributed by atoms with Gasteiger partial charge in [-0.1, -0.05) is 13.8 Å². The highest BCUT2D eigenvalue weighted by atomic mass is 16.3. The van der Waals surface area contributed by atoms with E-state index >= 15 is 0 Å². The molecule has 0 aromatic carbocycles. The van der Waals surface area contributed by atoms with E-state index in [0.717, 1.165) is 12.8 Å². The predicted octanol–water partition coefficient (Wildman–Crippen LogP) is 1.21. The van der Waals surface area contributed by atoms with Gasteiger partial charge in [-0.3, -0.25) is 4.79 Å². The third kappa shape index (κ3) is 4.16. The van der Waals surface area contributed by atoms with Crippen molar-refractivity contribution in [2.75, 3.05) is 24.6 Å². The Balaban J connectivity index is 2.90. The normalized spacial score (nSPS) is 10.7. The SMILES string of the molecule is CCNC(=O)c1ccc(N(CCO)C(CC)CC)nn1. The van der Waals surface area contributed by atoms with Crippen LogP contribution in [0.3, 0.4) is 0 Å². The number of nitrogens with zero attached hydrogens (tertiary/aromatic N) is 3. The van der Waals surface area contributed by atoms with Crippen molar-refractivity contribution in [3.8, 4) is 0 Å². The van der Waals surface area contributed by atoms with E-state index in [-0.39, 0.29) is 12.5 Å². The van der Waals surface area contributed by atoms with Gasteiger partial charge in [0, 0.05) is 19.1 Å². The minimum absolute atomic E-state index is 0.0657. The zero-order valence-corrected chi connectivity index (χ0v) is 12.5. The molecule has 2 N–H and O–H groups in total. The summed E-state index contributed by atoms with van der Waals surface area (Å²) in [4.78, 5) is 13.7. The molecule has 0 aliphatic heterocycles. The zero-order chi connectivity index (χ0) is 15.0. The summed E-state index contributed by atoms with van der Waals surface area (Å²) in [6.07, 6.45) is 1.94. The summed E-state index contributed by atoms with van der Waals surface area (Å²) >= 11 is 0. The highest BCUT2D eigenvalue weighted by Gasteiger charge is 2.17. The Morgan fingerprint density at radius 1 is 1.30 bits per heavy atom. The topological polar surface area (TPSA) is 78.4 Å². The standard InChI is InChI=1S/C14H24N4O2/c1-4-11(5-2)18(9-10-19)13-8-7-12(16-17-13)14(20)15-6-3/h7-8,11,19H,4-6,9-10H2,1-3H3,(H,15,20). The molecule has 0 radical (unpaired) electrons. The minimum Gasteiger partial charge on any atom is -0.395 e. The second-order valence-electron chi connectivity index (χ2n) is 4.52. The fraction of sp³-hybridized carbons (Fsp3) is 0.643. The van der Waals surface area contributed by atoms with Crippen molar-refractivity contribution >= 4 is 11.7 Å². The van der Waals surface area contributed by atoms with E-state index in [0.29, 0.717) is 30.6 Å². The molecule has 6 heteroatoms. The van der Waals surface area contributed by atoms with Gasteiger partial charge in [-0.25, -0.2) is 0 Å². The van der Waals surface area contributed by atoms with Gasteiger partial charge >= 0.3 is 0 Å². The molecule has 1 rings (SSSR count). The second-order valence-corrected chi connectivity index (χ2v) is 4.52. The van der Waals surface area contributed by atoms with Crippen molar-refractivity contribution in [2.24, 2.45) is 0 Å². The molecule has 0 spiro atoms. The van der Waals surface area contributed by atoms with Crippen LogP contribution >= 0.6 is 0 Å². The average Bonchev–Trinajstić information content (AvgIpc) is 2.48. The molecule has 0 unspecified atom stereocenters. The third-order valence-electron chi connectivity index (χ3n) is 3.24. The van der Waals surface area contributed by atoms with Crippen LogP contribution in [0.5, 0.6) is 0 Å². The van der Waals surface area contributed by atoms with Crippen LogP contribution in [0, 0.1) is 0 Å². The molecular formula is C14H24N4O2. The first-order chi connectivity index (χ1) is 9.67. The summed E-state index contributed by atoms with van der Waals surface area (Å²) in [7, 11) is 0. The van der Waals surface area contributed by atoms with Crippen molar-refractivity contribution < 1.29 is 9.90 Å². The van der Waals surface area contributed by atoms with E-state index in [9.17, 15) is 9.90 Å². The number of hydrogen-bond acceptors (Lipinski definition) is 5. The Labute approximate surface area is 120 Å². The van der Waals surface area contributed by atoms with Gasteiger partial charge in [0.25, 0.3) is 5.91 Å². The summed E-state index contributed by atoms with van der Waals surface area (Å²) in [6, 6.07) is 3.76. The van der Waals surface area contributed by atoms with E-state index in [1.807, 2.05) is 11.8 Å². The molecule has 0 saturated heterocycles. The molecule has 0 aliphatic rings. The van der Waals surface area contributed by atoms with Gasteiger partial charge in [0.05, 0.1) is 6.61 Å². The molecule has 0 saturated carbocycles. The van der Waals surface area contributed by atoms with Crippen molar-refractivity contribution in [1.82, 2.24) is 15.5 Å². The van der Waals surface area contributed by atoms with E-state index in [2.05, 4.69) is 29.4 Å². The number of hydrogen-bond donors (Lipinski definition) is 2. The van der Waals surface area contributed by atoms with Crippen molar-refractivity contribution in [3.63, 3.8) is 0 Å². The molecule has 112 valence electrons.